The Hall–Kier alpha value is -1.67. The fourth-order valence-electron chi connectivity index (χ4n) is 1.16. The lowest BCUT2D eigenvalue weighted by molar-refractivity contribution is -0.387. The van der Waals surface area contributed by atoms with Crippen LogP contribution in [-0.2, 0) is 10.5 Å². The standard InChI is InChI=1S/C10H11FN2O4S/c11-7-3-6(1-2-9(7)13(16)17)4-18-5-8(12)10(14)15/h1-3,8H,4-5,12H2,(H,14,15)/t8-/m1/s1. The number of hydrogen-bond donors (Lipinski definition) is 2. The van der Waals surface area contributed by atoms with Crippen molar-refractivity contribution < 1.29 is 19.2 Å². The van der Waals surface area contributed by atoms with E-state index in [9.17, 15) is 19.3 Å². The summed E-state index contributed by atoms with van der Waals surface area (Å²) in [6.07, 6.45) is 0. The van der Waals surface area contributed by atoms with E-state index in [-0.39, 0.29) is 5.75 Å². The highest BCUT2D eigenvalue weighted by Gasteiger charge is 2.14. The van der Waals surface area contributed by atoms with Crippen LogP contribution < -0.4 is 5.73 Å². The predicted molar refractivity (Wildman–Crippen MR) is 64.8 cm³/mol. The molecule has 0 saturated carbocycles. The largest absolute Gasteiger partial charge is 0.480 e. The summed E-state index contributed by atoms with van der Waals surface area (Å²) in [5, 5.41) is 18.9. The Morgan fingerprint density at radius 2 is 2.28 bits per heavy atom. The lowest BCUT2D eigenvalue weighted by atomic mass is 10.2. The number of nitro groups is 1. The Bertz CT molecular complexity index is 469. The lowest BCUT2D eigenvalue weighted by Crippen LogP contribution is -2.32. The van der Waals surface area contributed by atoms with Crippen LogP contribution in [0, 0.1) is 15.9 Å². The molecule has 8 heteroatoms. The SMILES string of the molecule is N[C@H](CSCc1ccc([N+](=O)[O-])c(F)c1)C(=O)O. The molecule has 0 aliphatic heterocycles. The molecule has 0 radical (unpaired) electrons. The number of thioether (sulfide) groups is 1. The molecule has 0 spiro atoms. The Balaban J connectivity index is 2.56. The van der Waals surface area contributed by atoms with E-state index in [0.717, 1.165) is 12.1 Å². The number of rotatable bonds is 6. The molecule has 3 N–H and O–H groups in total. The number of carboxylic acids is 1. The third-order valence-corrected chi connectivity index (χ3v) is 3.22. The summed E-state index contributed by atoms with van der Waals surface area (Å²) in [5.74, 6) is -1.47. The first-order valence-electron chi connectivity index (χ1n) is 4.90. The topological polar surface area (TPSA) is 106 Å². The van der Waals surface area contributed by atoms with Crippen molar-refractivity contribution in [1.29, 1.82) is 0 Å². The Morgan fingerprint density at radius 3 is 2.78 bits per heavy atom. The number of nitrogens with zero attached hydrogens (tertiary/aromatic N) is 1. The molecule has 0 aliphatic rings. The van der Waals surface area contributed by atoms with Crippen LogP contribution in [0.3, 0.4) is 0 Å². The van der Waals surface area contributed by atoms with E-state index in [4.69, 9.17) is 10.8 Å². The summed E-state index contributed by atoms with van der Waals surface area (Å²) in [5.41, 5.74) is 5.26. The van der Waals surface area contributed by atoms with E-state index in [1.54, 1.807) is 0 Å². The zero-order valence-corrected chi connectivity index (χ0v) is 10.0. The molecule has 0 bridgehead atoms. The highest BCUT2D eigenvalue weighted by Crippen LogP contribution is 2.21. The van der Waals surface area contributed by atoms with Crippen molar-refractivity contribution in [2.45, 2.75) is 11.8 Å². The monoisotopic (exact) mass is 274 g/mol. The molecule has 0 heterocycles. The van der Waals surface area contributed by atoms with Crippen molar-refractivity contribution in [3.8, 4) is 0 Å². The summed E-state index contributed by atoms with van der Waals surface area (Å²) in [6, 6.07) is 2.61. The molecule has 18 heavy (non-hydrogen) atoms. The fraction of sp³-hybridized carbons (Fsp3) is 0.300. The number of carbonyl (C=O) groups is 1. The van der Waals surface area contributed by atoms with Crippen LogP contribution in [0.2, 0.25) is 0 Å². The van der Waals surface area contributed by atoms with Gasteiger partial charge in [-0.05, 0) is 11.6 Å². The molecular formula is C10H11FN2O4S. The summed E-state index contributed by atoms with van der Waals surface area (Å²) >= 11 is 1.22. The van der Waals surface area contributed by atoms with E-state index in [2.05, 4.69) is 0 Å². The van der Waals surface area contributed by atoms with E-state index in [0.29, 0.717) is 11.3 Å². The van der Waals surface area contributed by atoms with Gasteiger partial charge < -0.3 is 10.8 Å². The molecule has 0 aromatic heterocycles. The van der Waals surface area contributed by atoms with Crippen molar-refractivity contribution in [1.82, 2.24) is 0 Å². The second-order valence-corrected chi connectivity index (χ2v) is 4.53. The minimum Gasteiger partial charge on any atom is -0.480 e. The minimum atomic E-state index is -1.10. The van der Waals surface area contributed by atoms with E-state index in [1.807, 2.05) is 0 Å². The number of nitro benzene ring substituents is 1. The Kier molecular flexibility index (Phi) is 5.05. The normalized spacial score (nSPS) is 12.1. The van der Waals surface area contributed by atoms with Crippen molar-refractivity contribution in [2.75, 3.05) is 5.75 Å². The molecule has 98 valence electrons. The van der Waals surface area contributed by atoms with Gasteiger partial charge in [-0.3, -0.25) is 14.9 Å². The van der Waals surface area contributed by atoms with Gasteiger partial charge in [-0.25, -0.2) is 0 Å². The summed E-state index contributed by atoms with van der Waals surface area (Å²) < 4.78 is 13.2. The molecular weight excluding hydrogens is 263 g/mol. The third-order valence-electron chi connectivity index (χ3n) is 2.09. The van der Waals surface area contributed by atoms with Crippen LogP contribution in [0.25, 0.3) is 0 Å². The summed E-state index contributed by atoms with van der Waals surface area (Å²) in [6.45, 7) is 0. The summed E-state index contributed by atoms with van der Waals surface area (Å²) in [7, 11) is 0. The third kappa shape index (κ3) is 3.97. The maximum absolute atomic E-state index is 13.2. The van der Waals surface area contributed by atoms with Crippen molar-refractivity contribution in [3.63, 3.8) is 0 Å². The molecule has 0 saturated heterocycles. The van der Waals surface area contributed by atoms with Gasteiger partial charge in [-0.2, -0.15) is 16.2 Å². The molecule has 1 rings (SSSR count). The van der Waals surface area contributed by atoms with Crippen LogP contribution in [0.4, 0.5) is 10.1 Å². The number of halogens is 1. The van der Waals surface area contributed by atoms with E-state index in [1.165, 1.54) is 17.8 Å². The molecule has 0 aliphatic carbocycles. The first-order chi connectivity index (χ1) is 8.41. The van der Waals surface area contributed by atoms with Gasteiger partial charge in [0.2, 0.25) is 5.82 Å². The predicted octanol–water partition coefficient (Wildman–Crippen LogP) is 1.38. The van der Waals surface area contributed by atoms with Gasteiger partial charge in [-0.1, -0.05) is 6.07 Å². The minimum absolute atomic E-state index is 0.188. The molecule has 6 nitrogen and oxygen atoms in total. The van der Waals surface area contributed by atoms with Crippen LogP contribution in [0.5, 0.6) is 0 Å². The molecule has 1 atom stereocenters. The highest BCUT2D eigenvalue weighted by atomic mass is 32.2. The van der Waals surface area contributed by atoms with Gasteiger partial charge in [-0.15, -0.1) is 0 Å². The summed E-state index contributed by atoms with van der Waals surface area (Å²) in [4.78, 5) is 20.0. The Labute approximate surface area is 106 Å². The number of hydrogen-bond acceptors (Lipinski definition) is 5. The van der Waals surface area contributed by atoms with Gasteiger partial charge in [0.15, 0.2) is 0 Å². The van der Waals surface area contributed by atoms with Gasteiger partial charge in [0, 0.05) is 17.6 Å². The van der Waals surface area contributed by atoms with E-state index < -0.39 is 28.4 Å². The number of aliphatic carboxylic acids is 1. The maximum atomic E-state index is 13.2. The van der Waals surface area contributed by atoms with Crippen molar-refractivity contribution in [3.05, 3.63) is 39.7 Å². The number of benzene rings is 1. The number of carboxylic acid groups (broad SMARTS) is 1. The maximum Gasteiger partial charge on any atom is 0.321 e. The lowest BCUT2D eigenvalue weighted by Gasteiger charge is -2.06. The van der Waals surface area contributed by atoms with Gasteiger partial charge in [0.1, 0.15) is 6.04 Å². The first kappa shape index (κ1) is 14.4. The van der Waals surface area contributed by atoms with Crippen LogP contribution in [0.15, 0.2) is 18.2 Å². The van der Waals surface area contributed by atoms with Gasteiger partial charge >= 0.3 is 11.7 Å². The molecule has 0 unspecified atom stereocenters. The smallest absolute Gasteiger partial charge is 0.321 e. The molecule has 1 aromatic carbocycles. The van der Waals surface area contributed by atoms with Crippen LogP contribution >= 0.6 is 11.8 Å². The number of nitrogens with two attached hydrogens (primary N) is 1. The van der Waals surface area contributed by atoms with E-state index >= 15 is 0 Å². The second kappa shape index (κ2) is 6.31. The Morgan fingerprint density at radius 1 is 1.61 bits per heavy atom. The van der Waals surface area contributed by atoms with Crippen LogP contribution in [0.1, 0.15) is 5.56 Å². The van der Waals surface area contributed by atoms with Crippen molar-refractivity contribution >= 4 is 23.4 Å². The molecule has 0 fully saturated rings. The fourth-order valence-corrected chi connectivity index (χ4v) is 2.09. The highest BCUT2D eigenvalue weighted by molar-refractivity contribution is 7.98. The molecule has 1 aromatic rings. The first-order valence-corrected chi connectivity index (χ1v) is 6.06. The average molecular weight is 274 g/mol. The van der Waals surface area contributed by atoms with Gasteiger partial charge in [0.25, 0.3) is 0 Å². The molecule has 0 amide bonds. The van der Waals surface area contributed by atoms with Gasteiger partial charge in [0.05, 0.1) is 4.92 Å². The second-order valence-electron chi connectivity index (χ2n) is 3.50. The van der Waals surface area contributed by atoms with Crippen molar-refractivity contribution in [2.24, 2.45) is 5.73 Å². The average Bonchev–Trinajstić information content (AvgIpc) is 2.28. The van der Waals surface area contributed by atoms with Crippen LogP contribution in [-0.4, -0.2) is 27.8 Å². The zero-order valence-electron chi connectivity index (χ0n) is 9.21. The zero-order chi connectivity index (χ0) is 13.7. The quantitative estimate of drug-likeness (QED) is 0.599.